The maximum atomic E-state index is 6.39. The molecule has 1 fully saturated rings. The maximum absolute atomic E-state index is 6.39. The lowest BCUT2D eigenvalue weighted by atomic mass is 9.91. The van der Waals surface area contributed by atoms with Crippen molar-refractivity contribution in [2.24, 2.45) is 5.92 Å². The van der Waals surface area contributed by atoms with Crippen LogP contribution in [-0.4, -0.2) is 27.3 Å². The second kappa shape index (κ2) is 6.30. The third-order valence-electron chi connectivity index (χ3n) is 3.53. The van der Waals surface area contributed by atoms with Gasteiger partial charge in [0, 0.05) is 0 Å². The van der Waals surface area contributed by atoms with Crippen LogP contribution >= 0.6 is 11.6 Å². The summed E-state index contributed by atoms with van der Waals surface area (Å²) in [5.41, 5.74) is 1.15. The fourth-order valence-corrected chi connectivity index (χ4v) is 2.79. The number of nitrogens with one attached hydrogen (secondary N) is 1. The van der Waals surface area contributed by atoms with E-state index in [1.807, 2.05) is 12.1 Å². The highest BCUT2D eigenvalue weighted by molar-refractivity contribution is 6.33. The molecular formula is C14H20ClNO2. The number of benzene rings is 1. The summed E-state index contributed by atoms with van der Waals surface area (Å²) in [6, 6.07) is 3.98. The van der Waals surface area contributed by atoms with E-state index in [0.717, 1.165) is 25.1 Å². The molecular weight excluding hydrogens is 250 g/mol. The Labute approximate surface area is 113 Å². The Morgan fingerprint density at radius 2 is 1.94 bits per heavy atom. The highest BCUT2D eigenvalue weighted by Gasteiger charge is 2.18. The monoisotopic (exact) mass is 269 g/mol. The Hall–Kier alpha value is -0.930. The first-order valence-electron chi connectivity index (χ1n) is 6.36. The number of methoxy groups -OCH3 is 2. The van der Waals surface area contributed by atoms with Crippen molar-refractivity contribution in [3.8, 4) is 11.5 Å². The van der Waals surface area contributed by atoms with E-state index in [-0.39, 0.29) is 0 Å². The maximum Gasteiger partial charge on any atom is 0.179 e. The van der Waals surface area contributed by atoms with Gasteiger partial charge >= 0.3 is 0 Å². The van der Waals surface area contributed by atoms with E-state index < -0.39 is 0 Å². The van der Waals surface area contributed by atoms with E-state index in [4.69, 9.17) is 21.1 Å². The van der Waals surface area contributed by atoms with Crippen LogP contribution in [0.4, 0.5) is 0 Å². The van der Waals surface area contributed by atoms with Crippen molar-refractivity contribution in [2.45, 2.75) is 19.3 Å². The number of rotatable bonds is 4. The van der Waals surface area contributed by atoms with E-state index in [0.29, 0.717) is 22.4 Å². The zero-order chi connectivity index (χ0) is 13.0. The summed E-state index contributed by atoms with van der Waals surface area (Å²) in [4.78, 5) is 0. The SMILES string of the molecule is COc1ccc(CC2CCNCC2)c(Cl)c1OC. The quantitative estimate of drug-likeness (QED) is 0.912. The smallest absolute Gasteiger partial charge is 0.179 e. The summed E-state index contributed by atoms with van der Waals surface area (Å²) in [6.07, 6.45) is 3.44. The first kappa shape index (κ1) is 13.5. The van der Waals surface area contributed by atoms with Gasteiger partial charge in [0.05, 0.1) is 19.2 Å². The van der Waals surface area contributed by atoms with Gasteiger partial charge in [0.2, 0.25) is 0 Å². The normalized spacial score (nSPS) is 16.6. The molecule has 0 aromatic heterocycles. The minimum Gasteiger partial charge on any atom is -0.493 e. The van der Waals surface area contributed by atoms with Crippen molar-refractivity contribution in [1.82, 2.24) is 5.32 Å². The Bertz CT molecular complexity index is 403. The van der Waals surface area contributed by atoms with Crippen LogP contribution in [0.5, 0.6) is 11.5 Å². The summed E-state index contributed by atoms with van der Waals surface area (Å²) in [5, 5.41) is 4.07. The summed E-state index contributed by atoms with van der Waals surface area (Å²) >= 11 is 6.39. The van der Waals surface area contributed by atoms with Gasteiger partial charge in [-0.25, -0.2) is 0 Å². The van der Waals surface area contributed by atoms with Gasteiger partial charge in [-0.3, -0.25) is 0 Å². The number of hydrogen-bond donors (Lipinski definition) is 1. The largest absolute Gasteiger partial charge is 0.493 e. The van der Waals surface area contributed by atoms with Gasteiger partial charge in [0.15, 0.2) is 11.5 Å². The molecule has 1 aromatic carbocycles. The Kier molecular flexibility index (Phi) is 4.72. The molecule has 18 heavy (non-hydrogen) atoms. The molecule has 1 N–H and O–H groups in total. The summed E-state index contributed by atoms with van der Waals surface area (Å²) < 4.78 is 10.6. The average Bonchev–Trinajstić information content (AvgIpc) is 2.42. The molecule has 0 spiro atoms. The molecule has 4 heteroatoms. The number of ether oxygens (including phenoxy) is 2. The summed E-state index contributed by atoms with van der Waals surface area (Å²) in [6.45, 7) is 2.21. The molecule has 0 aliphatic carbocycles. The molecule has 0 unspecified atom stereocenters. The molecule has 0 atom stereocenters. The van der Waals surface area contributed by atoms with E-state index in [1.54, 1.807) is 14.2 Å². The molecule has 1 heterocycles. The Balaban J connectivity index is 2.17. The molecule has 3 nitrogen and oxygen atoms in total. The third-order valence-corrected chi connectivity index (χ3v) is 3.95. The van der Waals surface area contributed by atoms with Crippen LogP contribution in [0.3, 0.4) is 0 Å². The minimum atomic E-state index is 0.644. The average molecular weight is 270 g/mol. The molecule has 2 rings (SSSR count). The molecule has 100 valence electrons. The van der Waals surface area contributed by atoms with Crippen molar-refractivity contribution in [3.63, 3.8) is 0 Å². The van der Waals surface area contributed by atoms with Gasteiger partial charge < -0.3 is 14.8 Å². The fraction of sp³-hybridized carbons (Fsp3) is 0.571. The van der Waals surface area contributed by atoms with Crippen molar-refractivity contribution in [1.29, 1.82) is 0 Å². The molecule has 0 saturated carbocycles. The zero-order valence-electron chi connectivity index (χ0n) is 11.0. The van der Waals surface area contributed by atoms with Gasteiger partial charge in [-0.1, -0.05) is 17.7 Å². The van der Waals surface area contributed by atoms with E-state index in [2.05, 4.69) is 5.32 Å². The van der Waals surface area contributed by atoms with Crippen LogP contribution in [0, 0.1) is 5.92 Å². The van der Waals surface area contributed by atoms with Gasteiger partial charge in [0.25, 0.3) is 0 Å². The van der Waals surface area contributed by atoms with Gasteiger partial charge in [-0.2, -0.15) is 0 Å². The summed E-state index contributed by atoms with van der Waals surface area (Å²) in [5.74, 6) is 2.05. The van der Waals surface area contributed by atoms with Crippen LogP contribution < -0.4 is 14.8 Å². The highest BCUT2D eigenvalue weighted by Crippen LogP contribution is 2.38. The molecule has 0 amide bonds. The van der Waals surface area contributed by atoms with Gasteiger partial charge in [0.1, 0.15) is 0 Å². The van der Waals surface area contributed by atoms with Crippen LogP contribution in [0.15, 0.2) is 12.1 Å². The molecule has 1 saturated heterocycles. The van der Waals surface area contributed by atoms with Crippen LogP contribution in [0.1, 0.15) is 18.4 Å². The van der Waals surface area contributed by atoms with Gasteiger partial charge in [-0.15, -0.1) is 0 Å². The van der Waals surface area contributed by atoms with E-state index >= 15 is 0 Å². The molecule has 1 aliphatic heterocycles. The molecule has 1 aliphatic rings. The van der Waals surface area contributed by atoms with E-state index in [1.165, 1.54) is 12.8 Å². The topological polar surface area (TPSA) is 30.5 Å². The van der Waals surface area contributed by atoms with Crippen molar-refractivity contribution in [2.75, 3.05) is 27.3 Å². The van der Waals surface area contributed by atoms with Crippen LogP contribution in [0.2, 0.25) is 5.02 Å². The number of hydrogen-bond acceptors (Lipinski definition) is 3. The fourth-order valence-electron chi connectivity index (χ4n) is 2.48. The molecule has 0 radical (unpaired) electrons. The second-order valence-corrected chi connectivity index (χ2v) is 5.05. The van der Waals surface area contributed by atoms with Crippen LogP contribution in [0.25, 0.3) is 0 Å². The molecule has 1 aromatic rings. The van der Waals surface area contributed by atoms with Crippen LogP contribution in [-0.2, 0) is 6.42 Å². The van der Waals surface area contributed by atoms with Crippen molar-refractivity contribution < 1.29 is 9.47 Å². The molecule has 0 bridgehead atoms. The van der Waals surface area contributed by atoms with Crippen molar-refractivity contribution >= 4 is 11.6 Å². The Morgan fingerprint density at radius 3 is 2.56 bits per heavy atom. The lowest BCUT2D eigenvalue weighted by Gasteiger charge is -2.23. The number of piperidine rings is 1. The first-order chi connectivity index (χ1) is 8.76. The Morgan fingerprint density at radius 1 is 1.22 bits per heavy atom. The predicted octanol–water partition coefficient (Wildman–Crippen LogP) is 2.90. The van der Waals surface area contributed by atoms with Crippen molar-refractivity contribution in [3.05, 3.63) is 22.7 Å². The summed E-state index contributed by atoms with van der Waals surface area (Å²) in [7, 11) is 3.25. The minimum absolute atomic E-state index is 0.644. The number of halogens is 1. The standard InChI is InChI=1S/C14H20ClNO2/c1-17-12-4-3-11(13(15)14(12)18-2)9-10-5-7-16-8-6-10/h3-4,10,16H,5-9H2,1-2H3. The van der Waals surface area contributed by atoms with Gasteiger partial charge in [-0.05, 0) is 49.9 Å². The predicted molar refractivity (Wildman–Crippen MR) is 73.9 cm³/mol. The second-order valence-electron chi connectivity index (χ2n) is 4.67. The highest BCUT2D eigenvalue weighted by atomic mass is 35.5. The first-order valence-corrected chi connectivity index (χ1v) is 6.74. The van der Waals surface area contributed by atoms with E-state index in [9.17, 15) is 0 Å². The zero-order valence-corrected chi connectivity index (χ0v) is 11.7. The third kappa shape index (κ3) is 2.90. The lowest BCUT2D eigenvalue weighted by molar-refractivity contribution is 0.352. The lowest BCUT2D eigenvalue weighted by Crippen LogP contribution is -2.28.